The predicted octanol–water partition coefficient (Wildman–Crippen LogP) is 4.43. The van der Waals surface area contributed by atoms with Crippen LogP contribution >= 0.6 is 0 Å². The van der Waals surface area contributed by atoms with Crippen LogP contribution in [0.2, 0.25) is 0 Å². The summed E-state index contributed by atoms with van der Waals surface area (Å²) < 4.78 is 10.4. The van der Waals surface area contributed by atoms with Crippen LogP contribution in [0.3, 0.4) is 0 Å². The Hall–Kier alpha value is -3.80. The summed E-state index contributed by atoms with van der Waals surface area (Å²) in [6, 6.07) is 21.8. The molecule has 31 heavy (non-hydrogen) atoms. The van der Waals surface area contributed by atoms with Gasteiger partial charge in [0.1, 0.15) is 11.5 Å². The number of hydrogen-bond acceptors (Lipinski definition) is 4. The largest absolute Gasteiger partial charge is 0.497 e. The fraction of sp³-hybridized carbons (Fsp3) is 0.200. The van der Waals surface area contributed by atoms with Gasteiger partial charge in [0.05, 0.1) is 26.7 Å². The van der Waals surface area contributed by atoms with Crippen LogP contribution in [0.15, 0.2) is 72.8 Å². The van der Waals surface area contributed by atoms with Gasteiger partial charge in [0.2, 0.25) is 5.91 Å². The normalized spacial score (nSPS) is 13.5. The summed E-state index contributed by atoms with van der Waals surface area (Å²) in [7, 11) is 3.20. The number of nitrogens with zero attached hydrogens (tertiary/aromatic N) is 1. The molecule has 6 nitrogen and oxygen atoms in total. The molecule has 0 fully saturated rings. The molecule has 6 heteroatoms. The fourth-order valence-electron chi connectivity index (χ4n) is 3.82. The van der Waals surface area contributed by atoms with Crippen molar-refractivity contribution in [2.75, 3.05) is 19.5 Å². The van der Waals surface area contributed by atoms with E-state index in [2.05, 4.69) is 5.32 Å². The molecule has 0 aromatic heterocycles. The second kappa shape index (κ2) is 8.92. The van der Waals surface area contributed by atoms with Crippen molar-refractivity contribution >= 4 is 17.5 Å². The second-order valence-corrected chi connectivity index (χ2v) is 7.36. The van der Waals surface area contributed by atoms with Crippen molar-refractivity contribution in [1.82, 2.24) is 4.90 Å². The highest BCUT2D eigenvalue weighted by molar-refractivity contribution is 5.99. The summed E-state index contributed by atoms with van der Waals surface area (Å²) in [5.41, 5.74) is 3.22. The van der Waals surface area contributed by atoms with E-state index in [0.717, 1.165) is 22.6 Å². The highest BCUT2D eigenvalue weighted by atomic mass is 16.5. The van der Waals surface area contributed by atoms with E-state index in [-0.39, 0.29) is 18.2 Å². The van der Waals surface area contributed by atoms with Crippen molar-refractivity contribution in [3.63, 3.8) is 0 Å². The molecule has 3 aromatic rings. The summed E-state index contributed by atoms with van der Waals surface area (Å²) in [4.78, 5) is 27.8. The molecule has 0 spiro atoms. The minimum absolute atomic E-state index is 0.0614. The Morgan fingerprint density at radius 1 is 0.935 bits per heavy atom. The molecule has 1 heterocycles. The van der Waals surface area contributed by atoms with E-state index in [9.17, 15) is 9.59 Å². The van der Waals surface area contributed by atoms with Gasteiger partial charge < -0.3 is 19.7 Å². The Kier molecular flexibility index (Phi) is 5.89. The third-order valence-electron chi connectivity index (χ3n) is 5.48. The van der Waals surface area contributed by atoms with Crippen LogP contribution in [-0.4, -0.2) is 30.9 Å². The second-order valence-electron chi connectivity index (χ2n) is 7.36. The Bertz CT molecular complexity index is 1080. The number of anilines is 1. The van der Waals surface area contributed by atoms with Gasteiger partial charge in [-0.05, 0) is 53.6 Å². The van der Waals surface area contributed by atoms with Gasteiger partial charge >= 0.3 is 0 Å². The minimum atomic E-state index is -0.399. The van der Waals surface area contributed by atoms with Crippen molar-refractivity contribution < 1.29 is 19.1 Å². The zero-order valence-corrected chi connectivity index (χ0v) is 17.5. The van der Waals surface area contributed by atoms with Gasteiger partial charge in [0, 0.05) is 17.8 Å². The Morgan fingerprint density at radius 3 is 2.16 bits per heavy atom. The average Bonchev–Trinajstić information content (AvgIpc) is 3.14. The van der Waals surface area contributed by atoms with E-state index in [1.54, 1.807) is 43.4 Å². The maximum Gasteiger partial charge on any atom is 0.255 e. The van der Waals surface area contributed by atoms with E-state index in [1.165, 1.54) is 0 Å². The number of amides is 2. The third kappa shape index (κ3) is 4.38. The highest BCUT2D eigenvalue weighted by Gasteiger charge is 2.34. The SMILES string of the molecule is COc1ccc(NC(=O)C[C@H](c2ccc(OC)cc2)N2Cc3ccccc3C2=O)cc1. The molecule has 0 aliphatic carbocycles. The van der Waals surface area contributed by atoms with Crippen LogP contribution in [0, 0.1) is 0 Å². The van der Waals surface area contributed by atoms with Crippen molar-refractivity contribution in [1.29, 1.82) is 0 Å². The summed E-state index contributed by atoms with van der Waals surface area (Å²) in [6.45, 7) is 0.474. The van der Waals surface area contributed by atoms with Crippen molar-refractivity contribution in [2.24, 2.45) is 0 Å². The monoisotopic (exact) mass is 416 g/mol. The molecule has 3 aromatic carbocycles. The number of carbonyl (C=O) groups is 2. The first-order valence-electron chi connectivity index (χ1n) is 10.1. The molecule has 0 saturated carbocycles. The van der Waals surface area contributed by atoms with Gasteiger partial charge in [-0.2, -0.15) is 0 Å². The molecule has 0 bridgehead atoms. The quantitative estimate of drug-likeness (QED) is 0.619. The number of ether oxygens (including phenoxy) is 2. The number of nitrogens with one attached hydrogen (secondary N) is 1. The first kappa shape index (κ1) is 20.5. The lowest BCUT2D eigenvalue weighted by Gasteiger charge is -2.28. The van der Waals surface area contributed by atoms with Crippen LogP contribution in [-0.2, 0) is 11.3 Å². The smallest absolute Gasteiger partial charge is 0.255 e. The van der Waals surface area contributed by atoms with Gasteiger partial charge in [-0.25, -0.2) is 0 Å². The molecule has 1 atom stereocenters. The molecule has 1 aliphatic rings. The van der Waals surface area contributed by atoms with E-state index < -0.39 is 6.04 Å². The summed E-state index contributed by atoms with van der Waals surface area (Å²) in [5, 5.41) is 2.92. The molecule has 0 saturated heterocycles. The lowest BCUT2D eigenvalue weighted by molar-refractivity contribution is -0.117. The van der Waals surface area contributed by atoms with E-state index in [1.807, 2.05) is 48.5 Å². The zero-order chi connectivity index (χ0) is 21.8. The molecule has 158 valence electrons. The average molecular weight is 416 g/mol. The van der Waals surface area contributed by atoms with Crippen LogP contribution in [0.1, 0.15) is 33.9 Å². The number of benzene rings is 3. The molecule has 0 radical (unpaired) electrons. The Balaban J connectivity index is 1.57. The summed E-state index contributed by atoms with van der Waals surface area (Å²) in [5.74, 6) is 1.21. The molecule has 1 N–H and O–H groups in total. The lowest BCUT2D eigenvalue weighted by Crippen LogP contribution is -2.32. The van der Waals surface area contributed by atoms with Crippen molar-refractivity contribution in [3.8, 4) is 11.5 Å². The molecular formula is C25H24N2O4. The number of carbonyl (C=O) groups excluding carboxylic acids is 2. The first-order chi connectivity index (χ1) is 15.1. The van der Waals surface area contributed by atoms with Crippen molar-refractivity contribution in [3.05, 3.63) is 89.5 Å². The Labute approximate surface area is 181 Å². The van der Waals surface area contributed by atoms with E-state index >= 15 is 0 Å². The molecule has 0 unspecified atom stereocenters. The Morgan fingerprint density at radius 2 is 1.55 bits per heavy atom. The minimum Gasteiger partial charge on any atom is -0.497 e. The highest BCUT2D eigenvalue weighted by Crippen LogP contribution is 2.34. The van der Waals surface area contributed by atoms with Gasteiger partial charge in [-0.15, -0.1) is 0 Å². The van der Waals surface area contributed by atoms with Crippen LogP contribution in [0.5, 0.6) is 11.5 Å². The van der Waals surface area contributed by atoms with Gasteiger partial charge in [0.25, 0.3) is 5.91 Å². The summed E-state index contributed by atoms with van der Waals surface area (Å²) in [6.07, 6.45) is 0.137. The van der Waals surface area contributed by atoms with Gasteiger partial charge in [0.15, 0.2) is 0 Å². The number of fused-ring (bicyclic) bond motifs is 1. The molecule has 4 rings (SSSR count). The van der Waals surface area contributed by atoms with Crippen LogP contribution in [0.25, 0.3) is 0 Å². The lowest BCUT2D eigenvalue weighted by atomic mass is 10.0. The topological polar surface area (TPSA) is 67.9 Å². The van der Waals surface area contributed by atoms with E-state index in [0.29, 0.717) is 17.8 Å². The number of methoxy groups -OCH3 is 2. The predicted molar refractivity (Wildman–Crippen MR) is 118 cm³/mol. The van der Waals surface area contributed by atoms with Crippen LogP contribution in [0.4, 0.5) is 5.69 Å². The van der Waals surface area contributed by atoms with Gasteiger partial charge in [-0.3, -0.25) is 9.59 Å². The molecule has 2 amide bonds. The third-order valence-corrected chi connectivity index (χ3v) is 5.48. The maximum atomic E-state index is 13.1. The molecular weight excluding hydrogens is 392 g/mol. The van der Waals surface area contributed by atoms with Crippen molar-refractivity contribution in [2.45, 2.75) is 19.0 Å². The summed E-state index contributed by atoms with van der Waals surface area (Å²) >= 11 is 0. The van der Waals surface area contributed by atoms with Crippen LogP contribution < -0.4 is 14.8 Å². The van der Waals surface area contributed by atoms with Gasteiger partial charge in [-0.1, -0.05) is 30.3 Å². The number of rotatable bonds is 7. The first-order valence-corrected chi connectivity index (χ1v) is 10.1. The van der Waals surface area contributed by atoms with E-state index in [4.69, 9.17) is 9.47 Å². The molecule has 1 aliphatic heterocycles. The fourth-order valence-corrected chi connectivity index (χ4v) is 3.82. The maximum absolute atomic E-state index is 13.1. The number of hydrogen-bond donors (Lipinski definition) is 1. The standard InChI is InChI=1S/C25H24N2O4/c1-30-20-11-7-17(8-12-20)23(27-16-18-5-3-4-6-22(18)25(27)29)15-24(28)26-19-9-13-21(31-2)14-10-19/h3-14,23H,15-16H2,1-2H3,(H,26,28)/t23-/m1/s1. The zero-order valence-electron chi connectivity index (χ0n) is 17.5.